The molecule has 1 aromatic carbocycles. The quantitative estimate of drug-likeness (QED) is 0.651. The summed E-state index contributed by atoms with van der Waals surface area (Å²) >= 11 is 0. The van der Waals surface area contributed by atoms with E-state index in [9.17, 15) is 9.59 Å². The number of rotatable bonds is 7. The molecule has 0 spiro atoms. The van der Waals surface area contributed by atoms with Gasteiger partial charge in [-0.05, 0) is 24.8 Å². The zero-order chi connectivity index (χ0) is 20.8. The van der Waals surface area contributed by atoms with Gasteiger partial charge in [0.15, 0.2) is 5.69 Å². The third kappa shape index (κ3) is 5.00. The Labute approximate surface area is 174 Å². The van der Waals surface area contributed by atoms with Crippen molar-refractivity contribution in [2.45, 2.75) is 45.2 Å². The van der Waals surface area contributed by atoms with E-state index in [0.717, 1.165) is 12.1 Å². The molecule has 0 radical (unpaired) electrons. The van der Waals surface area contributed by atoms with Crippen molar-refractivity contribution in [3.8, 4) is 11.3 Å². The van der Waals surface area contributed by atoms with Gasteiger partial charge in [-0.25, -0.2) is 4.68 Å². The average Bonchev–Trinajstić information content (AvgIpc) is 3.25. The van der Waals surface area contributed by atoms with Gasteiger partial charge in [0.2, 0.25) is 0 Å². The number of amides is 1. The molecule has 0 saturated heterocycles. The van der Waals surface area contributed by atoms with Gasteiger partial charge in [-0.1, -0.05) is 54.8 Å². The molecule has 4 rings (SSSR count). The monoisotopic (exact) mass is 406 g/mol. The predicted molar refractivity (Wildman–Crippen MR) is 113 cm³/mol. The van der Waals surface area contributed by atoms with Crippen molar-refractivity contribution in [2.24, 2.45) is 5.92 Å². The van der Waals surface area contributed by atoms with E-state index in [1.54, 1.807) is 16.9 Å². The molecule has 0 bridgehead atoms. The lowest BCUT2D eigenvalue weighted by molar-refractivity contribution is 0.0946. The maximum absolute atomic E-state index is 12.4. The Morgan fingerprint density at radius 2 is 1.87 bits per heavy atom. The number of hydrogen-bond donors (Lipinski definition) is 1. The van der Waals surface area contributed by atoms with E-state index < -0.39 is 0 Å². The number of aromatic nitrogens is 5. The average molecular weight is 406 g/mol. The molecule has 2 heterocycles. The van der Waals surface area contributed by atoms with E-state index in [0.29, 0.717) is 17.3 Å². The standard InChI is InChI=1S/C22H26N6O2/c29-21-12-11-19(18-9-5-2-6-10-18)25-28(21)14-13-23-22(30)20-16-27(26-24-20)15-17-7-3-1-4-8-17/h2,5-6,9-12,16-17H,1,3-4,7-8,13-15H2,(H,23,30). The highest BCUT2D eigenvalue weighted by Gasteiger charge is 2.16. The molecule has 3 aromatic rings. The summed E-state index contributed by atoms with van der Waals surface area (Å²) in [5.41, 5.74) is 1.74. The maximum Gasteiger partial charge on any atom is 0.273 e. The Bertz CT molecular complexity index is 1040. The number of hydrogen-bond acceptors (Lipinski definition) is 5. The molecule has 8 heteroatoms. The molecule has 30 heavy (non-hydrogen) atoms. The summed E-state index contributed by atoms with van der Waals surface area (Å²) < 4.78 is 3.13. The van der Waals surface area contributed by atoms with Gasteiger partial charge < -0.3 is 5.32 Å². The minimum Gasteiger partial charge on any atom is -0.349 e. The molecule has 1 saturated carbocycles. The van der Waals surface area contributed by atoms with Crippen molar-refractivity contribution in [3.63, 3.8) is 0 Å². The first-order valence-electron chi connectivity index (χ1n) is 10.5. The zero-order valence-corrected chi connectivity index (χ0v) is 16.9. The lowest BCUT2D eigenvalue weighted by atomic mass is 9.89. The van der Waals surface area contributed by atoms with Crippen LogP contribution >= 0.6 is 0 Å². The molecule has 0 unspecified atom stereocenters. The molecule has 1 amide bonds. The van der Waals surface area contributed by atoms with Gasteiger partial charge in [-0.3, -0.25) is 14.3 Å². The minimum atomic E-state index is -0.294. The molecule has 156 valence electrons. The van der Waals surface area contributed by atoms with Crippen LogP contribution in [0.15, 0.2) is 53.5 Å². The van der Waals surface area contributed by atoms with Crippen molar-refractivity contribution < 1.29 is 4.79 Å². The second-order valence-electron chi connectivity index (χ2n) is 7.73. The number of benzene rings is 1. The smallest absolute Gasteiger partial charge is 0.273 e. The summed E-state index contributed by atoms with van der Waals surface area (Å²) in [6.45, 7) is 1.37. The van der Waals surface area contributed by atoms with Gasteiger partial charge in [0, 0.05) is 24.7 Å². The number of nitrogens with one attached hydrogen (secondary N) is 1. The van der Waals surface area contributed by atoms with Crippen molar-refractivity contribution in [2.75, 3.05) is 6.54 Å². The predicted octanol–water partition coefficient (Wildman–Crippen LogP) is 2.51. The van der Waals surface area contributed by atoms with E-state index in [1.807, 2.05) is 30.3 Å². The SMILES string of the molecule is O=C(NCCn1nc(-c2ccccc2)ccc1=O)c1cn(CC2CCCCC2)nn1. The van der Waals surface area contributed by atoms with Crippen LogP contribution < -0.4 is 10.9 Å². The highest BCUT2D eigenvalue weighted by Crippen LogP contribution is 2.24. The Balaban J connectivity index is 1.32. The molecule has 1 aliphatic carbocycles. The van der Waals surface area contributed by atoms with Crippen LogP contribution in [0.3, 0.4) is 0 Å². The van der Waals surface area contributed by atoms with Crippen LogP contribution in [0.2, 0.25) is 0 Å². The van der Waals surface area contributed by atoms with Crippen molar-refractivity contribution in [1.82, 2.24) is 30.1 Å². The third-order valence-electron chi connectivity index (χ3n) is 5.49. The van der Waals surface area contributed by atoms with E-state index in [-0.39, 0.29) is 24.6 Å². The van der Waals surface area contributed by atoms with Gasteiger partial charge in [0.05, 0.1) is 18.4 Å². The van der Waals surface area contributed by atoms with Gasteiger partial charge in [-0.15, -0.1) is 5.10 Å². The molecule has 8 nitrogen and oxygen atoms in total. The largest absolute Gasteiger partial charge is 0.349 e. The first kappa shape index (κ1) is 20.0. The van der Waals surface area contributed by atoms with Crippen LogP contribution in [-0.2, 0) is 13.1 Å². The van der Waals surface area contributed by atoms with Crippen molar-refractivity contribution >= 4 is 5.91 Å². The molecular weight excluding hydrogens is 380 g/mol. The minimum absolute atomic E-state index is 0.206. The summed E-state index contributed by atoms with van der Waals surface area (Å²) in [5, 5.41) is 15.3. The number of carbonyl (C=O) groups is 1. The topological polar surface area (TPSA) is 94.7 Å². The first-order valence-corrected chi connectivity index (χ1v) is 10.5. The van der Waals surface area contributed by atoms with E-state index in [2.05, 4.69) is 20.7 Å². The Kier molecular flexibility index (Phi) is 6.32. The number of nitrogens with zero attached hydrogens (tertiary/aromatic N) is 5. The second kappa shape index (κ2) is 9.47. The van der Waals surface area contributed by atoms with Gasteiger partial charge >= 0.3 is 0 Å². The van der Waals surface area contributed by atoms with E-state index >= 15 is 0 Å². The summed E-state index contributed by atoms with van der Waals surface area (Å²) in [6.07, 6.45) is 7.98. The van der Waals surface area contributed by atoms with Gasteiger partial charge in [0.25, 0.3) is 11.5 Å². The number of carbonyl (C=O) groups excluding carboxylic acids is 1. The van der Waals surface area contributed by atoms with E-state index in [4.69, 9.17) is 0 Å². The zero-order valence-electron chi connectivity index (χ0n) is 16.9. The van der Waals surface area contributed by atoms with Gasteiger partial charge in [0.1, 0.15) is 0 Å². The van der Waals surface area contributed by atoms with Crippen molar-refractivity contribution in [1.29, 1.82) is 0 Å². The summed E-state index contributed by atoms with van der Waals surface area (Å²) in [7, 11) is 0. The fraction of sp³-hybridized carbons (Fsp3) is 0.409. The fourth-order valence-electron chi connectivity index (χ4n) is 3.86. The Morgan fingerprint density at radius 1 is 1.07 bits per heavy atom. The van der Waals surface area contributed by atoms with Crippen molar-refractivity contribution in [3.05, 3.63) is 64.7 Å². The molecule has 0 aliphatic heterocycles. The van der Waals surface area contributed by atoms with Crippen LogP contribution in [0.5, 0.6) is 0 Å². The Hall–Kier alpha value is -3.29. The van der Waals surface area contributed by atoms with E-state index in [1.165, 1.54) is 42.9 Å². The molecule has 0 atom stereocenters. The lowest BCUT2D eigenvalue weighted by Crippen LogP contribution is -2.32. The molecular formula is C22H26N6O2. The molecule has 1 aliphatic rings. The normalized spacial score (nSPS) is 14.5. The fourth-order valence-corrected chi connectivity index (χ4v) is 3.86. The first-order chi connectivity index (χ1) is 14.7. The summed E-state index contributed by atoms with van der Waals surface area (Å²) in [4.78, 5) is 24.5. The summed E-state index contributed by atoms with van der Waals surface area (Å²) in [6, 6.07) is 12.9. The molecule has 1 N–H and O–H groups in total. The van der Waals surface area contributed by atoms with Crippen LogP contribution in [0.1, 0.15) is 42.6 Å². The molecule has 2 aromatic heterocycles. The lowest BCUT2D eigenvalue weighted by Gasteiger charge is -2.20. The second-order valence-corrected chi connectivity index (χ2v) is 7.73. The summed E-state index contributed by atoms with van der Waals surface area (Å²) in [5.74, 6) is 0.323. The van der Waals surface area contributed by atoms with Crippen LogP contribution in [0.25, 0.3) is 11.3 Å². The third-order valence-corrected chi connectivity index (χ3v) is 5.49. The highest BCUT2D eigenvalue weighted by atomic mass is 16.2. The maximum atomic E-state index is 12.4. The van der Waals surface area contributed by atoms with Gasteiger partial charge in [-0.2, -0.15) is 5.10 Å². The van der Waals surface area contributed by atoms with Crippen LogP contribution in [0, 0.1) is 5.92 Å². The van der Waals surface area contributed by atoms with Crippen LogP contribution in [0.4, 0.5) is 0 Å². The Morgan fingerprint density at radius 3 is 2.67 bits per heavy atom. The highest BCUT2D eigenvalue weighted by molar-refractivity contribution is 5.91. The van der Waals surface area contributed by atoms with Crippen LogP contribution in [-0.4, -0.2) is 37.2 Å². The molecule has 1 fully saturated rings.